The number of aromatic nitrogens is 3. The van der Waals surface area contributed by atoms with Crippen molar-refractivity contribution in [1.82, 2.24) is 14.7 Å². The zero-order valence-corrected chi connectivity index (χ0v) is 19.0. The van der Waals surface area contributed by atoms with Crippen molar-refractivity contribution >= 4 is 22.7 Å². The molecule has 0 amide bonds. The van der Waals surface area contributed by atoms with Crippen molar-refractivity contribution in [2.45, 2.75) is 24.8 Å². The highest BCUT2D eigenvalue weighted by Crippen LogP contribution is 2.28. The number of thioether (sulfide) groups is 1. The van der Waals surface area contributed by atoms with Crippen LogP contribution < -0.4 is 10.3 Å². The van der Waals surface area contributed by atoms with Crippen LogP contribution in [-0.4, -0.2) is 14.7 Å². The second-order valence-electron chi connectivity index (χ2n) is 7.55. The van der Waals surface area contributed by atoms with Crippen molar-refractivity contribution in [1.29, 1.82) is 0 Å². The van der Waals surface area contributed by atoms with Gasteiger partial charge in [-0.25, -0.2) is 4.98 Å². The lowest BCUT2D eigenvalue weighted by molar-refractivity contribution is 0.392. The van der Waals surface area contributed by atoms with Gasteiger partial charge >= 0.3 is 0 Å². The van der Waals surface area contributed by atoms with Gasteiger partial charge in [-0.1, -0.05) is 47.3 Å². The molecular weight excluding hydrogens is 434 g/mol. The number of hydrogen-bond donors (Lipinski definition) is 0. The highest BCUT2D eigenvalue weighted by molar-refractivity contribution is 7.98. The van der Waals surface area contributed by atoms with E-state index in [1.54, 1.807) is 10.6 Å². The van der Waals surface area contributed by atoms with E-state index < -0.39 is 0 Å². The van der Waals surface area contributed by atoms with Crippen LogP contribution in [0.15, 0.2) is 93.3 Å². The van der Waals surface area contributed by atoms with E-state index in [4.69, 9.17) is 14.2 Å². The first-order valence-corrected chi connectivity index (χ1v) is 11.5. The topological polar surface area (TPSA) is 70.2 Å². The van der Waals surface area contributed by atoms with Gasteiger partial charge in [0.05, 0.1) is 22.3 Å². The molecule has 0 spiro atoms. The van der Waals surface area contributed by atoms with Gasteiger partial charge in [0.25, 0.3) is 5.56 Å². The molecule has 0 aliphatic heterocycles. The molecule has 0 atom stereocenters. The van der Waals surface area contributed by atoms with Gasteiger partial charge in [0.2, 0.25) is 0 Å². The van der Waals surface area contributed by atoms with E-state index in [9.17, 15) is 4.79 Å². The van der Waals surface area contributed by atoms with Crippen molar-refractivity contribution in [3.05, 3.63) is 106 Å². The highest BCUT2D eigenvalue weighted by atomic mass is 32.2. The normalized spacial score (nSPS) is 11.1. The van der Waals surface area contributed by atoms with Crippen LogP contribution in [0.1, 0.15) is 17.0 Å². The minimum Gasteiger partial charge on any atom is -0.457 e. The average Bonchev–Trinajstić information content (AvgIpc) is 3.16. The quantitative estimate of drug-likeness (QED) is 0.228. The van der Waals surface area contributed by atoms with Crippen molar-refractivity contribution in [3.63, 3.8) is 0 Å². The van der Waals surface area contributed by atoms with Gasteiger partial charge in [-0.3, -0.25) is 9.36 Å². The molecule has 2 aromatic heterocycles. The average molecular weight is 456 g/mol. The van der Waals surface area contributed by atoms with Gasteiger partial charge < -0.3 is 9.26 Å². The van der Waals surface area contributed by atoms with Gasteiger partial charge in [-0.2, -0.15) is 0 Å². The van der Waals surface area contributed by atoms with Crippen molar-refractivity contribution in [3.8, 4) is 17.2 Å². The van der Waals surface area contributed by atoms with E-state index in [1.165, 1.54) is 11.8 Å². The smallest absolute Gasteiger partial charge is 0.266 e. The number of ether oxygens (including phenoxy) is 1. The van der Waals surface area contributed by atoms with E-state index >= 15 is 0 Å². The second kappa shape index (κ2) is 8.96. The summed E-state index contributed by atoms with van der Waals surface area (Å²) in [6.07, 6.45) is 0. The lowest BCUT2D eigenvalue weighted by Crippen LogP contribution is -2.21. The molecule has 5 rings (SSSR count). The molecular formula is C26H21N3O3S. The summed E-state index contributed by atoms with van der Waals surface area (Å²) in [5.74, 6) is 2.82. The third-order valence-corrected chi connectivity index (χ3v) is 6.31. The third kappa shape index (κ3) is 4.27. The zero-order valence-electron chi connectivity index (χ0n) is 18.2. The van der Waals surface area contributed by atoms with Crippen LogP contribution in [0, 0.1) is 13.8 Å². The molecule has 0 radical (unpaired) electrons. The fraction of sp³-hybridized carbons (Fsp3) is 0.115. The second-order valence-corrected chi connectivity index (χ2v) is 8.50. The Kier molecular flexibility index (Phi) is 5.71. The zero-order chi connectivity index (χ0) is 22.8. The lowest BCUT2D eigenvalue weighted by atomic mass is 10.2. The summed E-state index contributed by atoms with van der Waals surface area (Å²) in [6, 6.07) is 24.4. The van der Waals surface area contributed by atoms with Gasteiger partial charge in [0.1, 0.15) is 17.3 Å². The molecule has 0 saturated heterocycles. The number of nitrogens with zero attached hydrogens (tertiary/aromatic N) is 3. The van der Waals surface area contributed by atoms with Gasteiger partial charge in [-0.15, -0.1) is 0 Å². The lowest BCUT2D eigenvalue weighted by Gasteiger charge is -2.14. The molecule has 3 aromatic carbocycles. The summed E-state index contributed by atoms with van der Waals surface area (Å²) in [7, 11) is 0. The van der Waals surface area contributed by atoms with Crippen molar-refractivity contribution < 1.29 is 9.26 Å². The predicted octanol–water partition coefficient (Wildman–Crippen LogP) is 6.08. The molecule has 0 fully saturated rings. The molecule has 0 N–H and O–H groups in total. The first-order valence-electron chi connectivity index (χ1n) is 10.5. The van der Waals surface area contributed by atoms with Crippen LogP contribution in [0.3, 0.4) is 0 Å². The van der Waals surface area contributed by atoms with Crippen LogP contribution in [0.2, 0.25) is 0 Å². The summed E-state index contributed by atoms with van der Waals surface area (Å²) < 4.78 is 12.8. The van der Waals surface area contributed by atoms with E-state index in [-0.39, 0.29) is 5.56 Å². The SMILES string of the molecule is Cc1noc(C)c1CSc1nc2ccccc2c(=O)n1-c1ccc(Oc2ccccc2)cc1. The first kappa shape index (κ1) is 21.0. The summed E-state index contributed by atoms with van der Waals surface area (Å²) >= 11 is 1.48. The standard InChI is InChI=1S/C26H21N3O3S/c1-17-23(18(2)32-28-17)16-33-26-27-24-11-7-6-10-22(24)25(30)29(26)19-12-14-21(15-13-19)31-20-8-4-3-5-9-20/h3-15H,16H2,1-2H3. The molecule has 0 aliphatic carbocycles. The Labute approximate surface area is 194 Å². The Morgan fingerprint density at radius 3 is 2.33 bits per heavy atom. The maximum absolute atomic E-state index is 13.5. The number of aryl methyl sites for hydroxylation is 2. The van der Waals surface area contributed by atoms with Crippen LogP contribution in [-0.2, 0) is 5.75 Å². The third-order valence-electron chi connectivity index (χ3n) is 5.35. The molecule has 0 aliphatic rings. The predicted molar refractivity (Wildman–Crippen MR) is 129 cm³/mol. The monoisotopic (exact) mass is 455 g/mol. The van der Waals surface area contributed by atoms with Gasteiger partial charge in [0, 0.05) is 11.3 Å². The Morgan fingerprint density at radius 1 is 0.909 bits per heavy atom. The number of fused-ring (bicyclic) bond motifs is 1. The molecule has 164 valence electrons. The Hall–Kier alpha value is -3.84. The van der Waals surface area contributed by atoms with Gasteiger partial charge in [-0.05, 0) is 62.4 Å². The Balaban J connectivity index is 1.54. The molecule has 5 aromatic rings. The Bertz CT molecular complexity index is 1460. The van der Waals surface area contributed by atoms with Crippen LogP contribution >= 0.6 is 11.8 Å². The number of benzene rings is 3. The molecule has 7 heteroatoms. The first-order chi connectivity index (χ1) is 16.1. The number of rotatable bonds is 6. The molecule has 0 saturated carbocycles. The summed E-state index contributed by atoms with van der Waals surface area (Å²) in [5, 5.41) is 5.21. The van der Waals surface area contributed by atoms with Crippen molar-refractivity contribution in [2.24, 2.45) is 0 Å². The molecule has 0 unspecified atom stereocenters. The van der Waals surface area contributed by atoms with Crippen LogP contribution in [0.5, 0.6) is 11.5 Å². The largest absolute Gasteiger partial charge is 0.457 e. The van der Waals surface area contributed by atoms with E-state index in [0.717, 1.165) is 28.5 Å². The molecule has 33 heavy (non-hydrogen) atoms. The number of para-hydroxylation sites is 2. The van der Waals surface area contributed by atoms with E-state index in [1.807, 2.05) is 86.6 Å². The molecule has 0 bridgehead atoms. The Morgan fingerprint density at radius 2 is 1.61 bits per heavy atom. The van der Waals surface area contributed by atoms with Crippen LogP contribution in [0.25, 0.3) is 16.6 Å². The maximum atomic E-state index is 13.5. The summed E-state index contributed by atoms with van der Waals surface area (Å²) in [4.78, 5) is 18.3. The van der Waals surface area contributed by atoms with Crippen molar-refractivity contribution in [2.75, 3.05) is 0 Å². The van der Waals surface area contributed by atoms with E-state index in [2.05, 4.69) is 5.16 Å². The maximum Gasteiger partial charge on any atom is 0.266 e. The molecule has 6 nitrogen and oxygen atoms in total. The fourth-order valence-electron chi connectivity index (χ4n) is 3.57. The van der Waals surface area contributed by atoms with E-state index in [0.29, 0.717) is 27.6 Å². The number of hydrogen-bond acceptors (Lipinski definition) is 6. The fourth-order valence-corrected chi connectivity index (χ4v) is 4.74. The minimum absolute atomic E-state index is 0.112. The van der Waals surface area contributed by atoms with Gasteiger partial charge in [0.15, 0.2) is 5.16 Å². The summed E-state index contributed by atoms with van der Waals surface area (Å²) in [6.45, 7) is 3.81. The highest BCUT2D eigenvalue weighted by Gasteiger charge is 2.16. The molecule has 2 heterocycles. The van der Waals surface area contributed by atoms with Crippen LogP contribution in [0.4, 0.5) is 0 Å². The summed E-state index contributed by atoms with van der Waals surface area (Å²) in [5.41, 5.74) is 3.14. The minimum atomic E-state index is -0.112.